The number of rotatable bonds is 7. The second kappa shape index (κ2) is 7.47. The first kappa shape index (κ1) is 15.1. The van der Waals surface area contributed by atoms with E-state index in [0.717, 1.165) is 48.2 Å². The zero-order chi connectivity index (χ0) is 14.4. The number of methoxy groups -OCH3 is 1. The molecule has 0 spiro atoms. The van der Waals surface area contributed by atoms with Crippen molar-refractivity contribution in [3.63, 3.8) is 0 Å². The van der Waals surface area contributed by atoms with Gasteiger partial charge in [0.1, 0.15) is 0 Å². The van der Waals surface area contributed by atoms with E-state index in [-0.39, 0.29) is 0 Å². The molecular weight excluding hydrogens is 270 g/mol. The molecule has 2 aromatic heterocycles. The van der Waals surface area contributed by atoms with Crippen LogP contribution in [0.2, 0.25) is 0 Å². The maximum atomic E-state index is 5.01. The third-order valence-corrected chi connectivity index (χ3v) is 4.06. The Labute approximate surface area is 124 Å². The molecule has 1 N–H and O–H groups in total. The van der Waals surface area contributed by atoms with Gasteiger partial charge in [0.15, 0.2) is 5.82 Å². The topological polar surface area (TPSA) is 47.0 Å². The molecule has 0 aliphatic carbocycles. The lowest BCUT2D eigenvalue weighted by atomic mass is 10.1. The van der Waals surface area contributed by atoms with Crippen molar-refractivity contribution < 1.29 is 4.74 Å². The fourth-order valence-corrected chi connectivity index (χ4v) is 2.79. The van der Waals surface area contributed by atoms with E-state index >= 15 is 0 Å². The van der Waals surface area contributed by atoms with Crippen LogP contribution in [-0.2, 0) is 11.2 Å². The van der Waals surface area contributed by atoms with Crippen molar-refractivity contribution in [1.29, 1.82) is 0 Å². The van der Waals surface area contributed by atoms with Crippen LogP contribution in [0.5, 0.6) is 0 Å². The molecule has 2 rings (SSSR count). The van der Waals surface area contributed by atoms with E-state index < -0.39 is 0 Å². The van der Waals surface area contributed by atoms with Crippen LogP contribution in [0.1, 0.15) is 17.0 Å². The Kier molecular flexibility index (Phi) is 5.64. The zero-order valence-electron chi connectivity index (χ0n) is 12.3. The predicted octanol–water partition coefficient (Wildman–Crippen LogP) is 2.60. The molecular formula is C15H21N3OS. The highest BCUT2D eigenvalue weighted by Crippen LogP contribution is 2.23. The van der Waals surface area contributed by atoms with Crippen LogP contribution in [0.15, 0.2) is 17.5 Å². The van der Waals surface area contributed by atoms with E-state index in [2.05, 4.69) is 40.6 Å². The van der Waals surface area contributed by atoms with Gasteiger partial charge in [0, 0.05) is 25.0 Å². The molecule has 0 unspecified atom stereocenters. The minimum Gasteiger partial charge on any atom is -0.383 e. The van der Waals surface area contributed by atoms with Crippen molar-refractivity contribution in [2.75, 3.05) is 26.8 Å². The van der Waals surface area contributed by atoms with Crippen LogP contribution in [-0.4, -0.2) is 36.8 Å². The summed E-state index contributed by atoms with van der Waals surface area (Å²) in [7, 11) is 1.72. The maximum Gasteiger partial charge on any atom is 0.169 e. The Hall–Kier alpha value is -1.30. The van der Waals surface area contributed by atoms with E-state index in [1.165, 1.54) is 5.56 Å². The van der Waals surface area contributed by atoms with E-state index in [1.807, 2.05) is 6.07 Å². The molecule has 0 radical (unpaired) electrons. The molecule has 0 saturated heterocycles. The Morgan fingerprint density at radius 2 is 1.95 bits per heavy atom. The average molecular weight is 291 g/mol. The number of ether oxygens (including phenoxy) is 1. The first-order valence-electron chi connectivity index (χ1n) is 6.80. The summed E-state index contributed by atoms with van der Waals surface area (Å²) in [6.45, 7) is 6.67. The summed E-state index contributed by atoms with van der Waals surface area (Å²) in [5.74, 6) is 0.839. The van der Waals surface area contributed by atoms with Gasteiger partial charge in [0.05, 0.1) is 11.5 Å². The fourth-order valence-electron chi connectivity index (χ4n) is 2.13. The lowest BCUT2D eigenvalue weighted by Crippen LogP contribution is -2.22. The van der Waals surface area contributed by atoms with Gasteiger partial charge in [-0.15, -0.1) is 11.3 Å². The number of thiophene rings is 1. The van der Waals surface area contributed by atoms with Crippen molar-refractivity contribution in [2.45, 2.75) is 20.3 Å². The van der Waals surface area contributed by atoms with E-state index in [9.17, 15) is 0 Å². The molecule has 2 aromatic rings. The number of aryl methyl sites for hydroxylation is 2. The van der Waals surface area contributed by atoms with Gasteiger partial charge in [-0.3, -0.25) is 0 Å². The van der Waals surface area contributed by atoms with Gasteiger partial charge in [-0.2, -0.15) is 0 Å². The van der Waals surface area contributed by atoms with Gasteiger partial charge in [-0.05, 0) is 43.8 Å². The van der Waals surface area contributed by atoms with Gasteiger partial charge in [0.2, 0.25) is 0 Å². The summed E-state index contributed by atoms with van der Waals surface area (Å²) in [6, 6.07) is 4.09. The van der Waals surface area contributed by atoms with Crippen molar-refractivity contribution in [3.8, 4) is 10.7 Å². The quantitative estimate of drug-likeness (QED) is 0.797. The minimum absolute atomic E-state index is 0.742. The number of nitrogens with zero attached hydrogens (tertiary/aromatic N) is 2. The van der Waals surface area contributed by atoms with Gasteiger partial charge in [-0.1, -0.05) is 6.07 Å². The lowest BCUT2D eigenvalue weighted by molar-refractivity contribution is 0.199. The van der Waals surface area contributed by atoms with Crippen LogP contribution in [0.3, 0.4) is 0 Å². The standard InChI is InChI=1S/C15H21N3OS/c1-11-13(6-7-16-8-9-19-3)12(2)18-15(17-11)14-5-4-10-20-14/h4-5,10,16H,6-9H2,1-3H3. The minimum atomic E-state index is 0.742. The Morgan fingerprint density at radius 3 is 2.55 bits per heavy atom. The van der Waals surface area contributed by atoms with Crippen LogP contribution in [0.4, 0.5) is 0 Å². The summed E-state index contributed by atoms with van der Waals surface area (Å²) >= 11 is 1.67. The summed E-state index contributed by atoms with van der Waals surface area (Å²) < 4.78 is 5.01. The fraction of sp³-hybridized carbons (Fsp3) is 0.467. The molecule has 0 saturated carbocycles. The molecule has 20 heavy (non-hydrogen) atoms. The van der Waals surface area contributed by atoms with Crippen LogP contribution in [0.25, 0.3) is 10.7 Å². The van der Waals surface area contributed by atoms with Gasteiger partial charge in [0.25, 0.3) is 0 Å². The maximum absolute atomic E-state index is 5.01. The zero-order valence-corrected chi connectivity index (χ0v) is 13.1. The molecule has 0 atom stereocenters. The van der Waals surface area contributed by atoms with Gasteiger partial charge < -0.3 is 10.1 Å². The molecule has 0 fully saturated rings. The molecule has 0 amide bonds. The molecule has 2 heterocycles. The highest BCUT2D eigenvalue weighted by atomic mass is 32.1. The lowest BCUT2D eigenvalue weighted by Gasteiger charge is -2.11. The molecule has 0 aromatic carbocycles. The van der Waals surface area contributed by atoms with E-state index in [0.29, 0.717) is 0 Å². The Bertz CT molecular complexity index is 517. The largest absolute Gasteiger partial charge is 0.383 e. The first-order chi connectivity index (χ1) is 9.72. The summed E-state index contributed by atoms with van der Waals surface area (Å²) in [6.07, 6.45) is 0.950. The molecule has 4 nitrogen and oxygen atoms in total. The molecule has 5 heteroatoms. The monoisotopic (exact) mass is 291 g/mol. The van der Waals surface area contributed by atoms with Crippen molar-refractivity contribution in [1.82, 2.24) is 15.3 Å². The van der Waals surface area contributed by atoms with Crippen LogP contribution >= 0.6 is 11.3 Å². The highest BCUT2D eigenvalue weighted by Gasteiger charge is 2.10. The molecule has 108 valence electrons. The van der Waals surface area contributed by atoms with Crippen LogP contribution < -0.4 is 5.32 Å². The van der Waals surface area contributed by atoms with Crippen molar-refractivity contribution in [3.05, 3.63) is 34.5 Å². The van der Waals surface area contributed by atoms with Gasteiger partial charge in [-0.25, -0.2) is 9.97 Å². The Morgan fingerprint density at radius 1 is 1.20 bits per heavy atom. The number of hydrogen-bond donors (Lipinski definition) is 1. The second-order valence-corrected chi connectivity index (χ2v) is 5.61. The third-order valence-electron chi connectivity index (χ3n) is 3.20. The number of nitrogens with one attached hydrogen (secondary N) is 1. The van der Waals surface area contributed by atoms with Crippen molar-refractivity contribution in [2.24, 2.45) is 0 Å². The molecule has 0 aliphatic heterocycles. The van der Waals surface area contributed by atoms with Crippen molar-refractivity contribution >= 4 is 11.3 Å². The Balaban J connectivity index is 2.03. The number of aromatic nitrogens is 2. The summed E-state index contributed by atoms with van der Waals surface area (Å²) in [4.78, 5) is 10.4. The molecule has 0 aliphatic rings. The van der Waals surface area contributed by atoms with Crippen LogP contribution in [0, 0.1) is 13.8 Å². The van der Waals surface area contributed by atoms with Gasteiger partial charge >= 0.3 is 0 Å². The highest BCUT2D eigenvalue weighted by molar-refractivity contribution is 7.13. The summed E-state index contributed by atoms with van der Waals surface area (Å²) in [5, 5.41) is 5.41. The summed E-state index contributed by atoms with van der Waals surface area (Å²) in [5.41, 5.74) is 3.40. The normalized spacial score (nSPS) is 10.9. The number of hydrogen-bond acceptors (Lipinski definition) is 5. The van der Waals surface area contributed by atoms with E-state index in [1.54, 1.807) is 18.4 Å². The smallest absolute Gasteiger partial charge is 0.169 e. The average Bonchev–Trinajstić information content (AvgIpc) is 2.95. The SMILES string of the molecule is COCCNCCc1c(C)nc(-c2cccs2)nc1C. The third kappa shape index (κ3) is 3.85. The first-order valence-corrected chi connectivity index (χ1v) is 7.68. The second-order valence-electron chi connectivity index (χ2n) is 4.67. The van der Waals surface area contributed by atoms with E-state index in [4.69, 9.17) is 4.74 Å². The predicted molar refractivity (Wildman–Crippen MR) is 83.3 cm³/mol. The molecule has 0 bridgehead atoms.